The van der Waals surface area contributed by atoms with Crippen LogP contribution < -0.4 is 0 Å². The van der Waals surface area contributed by atoms with E-state index in [9.17, 15) is 9.59 Å². The highest BCUT2D eigenvalue weighted by molar-refractivity contribution is 6.15. The predicted molar refractivity (Wildman–Crippen MR) is 64.7 cm³/mol. The lowest BCUT2D eigenvalue weighted by Crippen LogP contribution is -2.21. The van der Waals surface area contributed by atoms with E-state index in [1.54, 1.807) is 39.0 Å². The molecule has 0 radical (unpaired) electrons. The number of Topliss-reactive ketones (excluding diaryl/α,β-unsaturated/α-hetero) is 2. The van der Waals surface area contributed by atoms with Crippen LogP contribution in [0.15, 0.2) is 33.3 Å². The van der Waals surface area contributed by atoms with Crippen LogP contribution in [-0.2, 0) is 0 Å². The number of carbonyl (C=O) groups is 2. The van der Waals surface area contributed by atoms with Crippen molar-refractivity contribution in [2.75, 3.05) is 0 Å². The highest BCUT2D eigenvalue weighted by Gasteiger charge is 2.28. The van der Waals surface area contributed by atoms with Crippen LogP contribution in [0.5, 0.6) is 0 Å². The van der Waals surface area contributed by atoms with Crippen molar-refractivity contribution in [3.8, 4) is 0 Å². The van der Waals surface area contributed by atoms with Gasteiger partial charge in [-0.05, 0) is 39.0 Å². The minimum absolute atomic E-state index is 0.203. The van der Waals surface area contributed by atoms with Gasteiger partial charge in [-0.1, -0.05) is 0 Å². The van der Waals surface area contributed by atoms with E-state index < -0.39 is 5.92 Å². The average Bonchev–Trinajstić information content (AvgIpc) is 2.96. The molecule has 1 unspecified atom stereocenters. The third-order valence-corrected chi connectivity index (χ3v) is 2.86. The van der Waals surface area contributed by atoms with E-state index in [-0.39, 0.29) is 17.3 Å². The van der Waals surface area contributed by atoms with Gasteiger partial charge in [-0.15, -0.1) is 0 Å². The van der Waals surface area contributed by atoms with Gasteiger partial charge in [0.15, 0.2) is 11.5 Å². The molecule has 1 atom stereocenters. The summed E-state index contributed by atoms with van der Waals surface area (Å²) in [6.07, 6.45) is 1.41. The van der Waals surface area contributed by atoms with Gasteiger partial charge in [-0.3, -0.25) is 9.59 Å². The molecule has 0 N–H and O–H groups in total. The van der Waals surface area contributed by atoms with Crippen LogP contribution in [0.1, 0.15) is 39.4 Å². The first-order valence-corrected chi connectivity index (χ1v) is 5.69. The van der Waals surface area contributed by atoms with E-state index >= 15 is 0 Å². The molecule has 0 aliphatic carbocycles. The van der Waals surface area contributed by atoms with Crippen molar-refractivity contribution < 1.29 is 18.4 Å². The van der Waals surface area contributed by atoms with Crippen LogP contribution in [-0.4, -0.2) is 11.6 Å². The van der Waals surface area contributed by atoms with Gasteiger partial charge in [-0.2, -0.15) is 0 Å². The van der Waals surface area contributed by atoms with Gasteiger partial charge in [0.05, 0.1) is 17.7 Å². The highest BCUT2D eigenvalue weighted by atomic mass is 16.3. The lowest BCUT2D eigenvalue weighted by molar-refractivity contribution is 0.0803. The van der Waals surface area contributed by atoms with E-state index in [0.717, 1.165) is 0 Å². The molecule has 4 nitrogen and oxygen atoms in total. The van der Waals surface area contributed by atoms with Crippen molar-refractivity contribution in [1.29, 1.82) is 0 Å². The van der Waals surface area contributed by atoms with Crippen LogP contribution in [0.3, 0.4) is 0 Å². The molecule has 0 amide bonds. The lowest BCUT2D eigenvalue weighted by atomic mass is 9.94. The number of rotatable bonds is 4. The fourth-order valence-electron chi connectivity index (χ4n) is 1.86. The molecular formula is C14H14O4. The van der Waals surface area contributed by atoms with Crippen LogP contribution in [0.4, 0.5) is 0 Å². The Morgan fingerprint density at radius 3 is 2.44 bits per heavy atom. The first-order chi connectivity index (χ1) is 8.50. The van der Waals surface area contributed by atoms with E-state index in [0.29, 0.717) is 17.1 Å². The molecule has 2 heterocycles. The van der Waals surface area contributed by atoms with Crippen molar-refractivity contribution >= 4 is 11.6 Å². The van der Waals surface area contributed by atoms with Gasteiger partial charge in [-0.25, -0.2) is 0 Å². The molecule has 0 aromatic carbocycles. The number of hydrogen-bond acceptors (Lipinski definition) is 4. The van der Waals surface area contributed by atoms with E-state index in [2.05, 4.69) is 0 Å². The summed E-state index contributed by atoms with van der Waals surface area (Å²) in [6.45, 7) is 5.06. The van der Waals surface area contributed by atoms with Gasteiger partial charge in [0.2, 0.25) is 5.78 Å². The van der Waals surface area contributed by atoms with Gasteiger partial charge in [0.1, 0.15) is 11.5 Å². The Hall–Kier alpha value is -2.10. The summed E-state index contributed by atoms with van der Waals surface area (Å²) in [6, 6.07) is 4.83. The summed E-state index contributed by atoms with van der Waals surface area (Å²) in [4.78, 5) is 24.2. The van der Waals surface area contributed by atoms with Crippen LogP contribution in [0.25, 0.3) is 0 Å². The molecule has 4 heteroatoms. The summed E-state index contributed by atoms with van der Waals surface area (Å²) in [7, 11) is 0. The fraction of sp³-hybridized carbons (Fsp3) is 0.286. The maximum atomic E-state index is 12.2. The minimum atomic E-state index is -0.771. The molecule has 2 rings (SSSR count). The minimum Gasteiger partial charge on any atom is -0.466 e. The van der Waals surface area contributed by atoms with E-state index in [1.165, 1.54) is 6.26 Å². The quantitative estimate of drug-likeness (QED) is 0.614. The first-order valence-electron chi connectivity index (χ1n) is 5.69. The number of ketones is 2. The summed E-state index contributed by atoms with van der Waals surface area (Å²) in [5, 5.41) is 0. The van der Waals surface area contributed by atoms with Crippen LogP contribution >= 0.6 is 0 Å². The maximum Gasteiger partial charge on any atom is 0.208 e. The van der Waals surface area contributed by atoms with Gasteiger partial charge in [0, 0.05) is 0 Å². The Balaban J connectivity index is 2.24. The molecule has 0 spiro atoms. The molecule has 94 valence electrons. The molecule has 2 aromatic heterocycles. The SMILES string of the molecule is Cc1cc(C(=O)C(C)C(=O)c2ccco2)c(C)o1. The number of aryl methyl sites for hydroxylation is 2. The third kappa shape index (κ3) is 2.14. The molecule has 0 fully saturated rings. The first kappa shape index (κ1) is 12.4. The third-order valence-electron chi connectivity index (χ3n) is 2.86. The second kappa shape index (κ2) is 4.64. The molecule has 2 aromatic rings. The second-order valence-electron chi connectivity index (χ2n) is 4.25. The Morgan fingerprint density at radius 1 is 1.22 bits per heavy atom. The summed E-state index contributed by atoms with van der Waals surface area (Å²) < 4.78 is 10.3. The second-order valence-corrected chi connectivity index (χ2v) is 4.25. The Morgan fingerprint density at radius 2 is 1.94 bits per heavy atom. The number of carbonyl (C=O) groups excluding carboxylic acids is 2. The normalized spacial score (nSPS) is 12.4. The van der Waals surface area contributed by atoms with E-state index in [1.807, 2.05) is 0 Å². The molecule has 0 saturated heterocycles. The monoisotopic (exact) mass is 246 g/mol. The molecular weight excluding hydrogens is 232 g/mol. The van der Waals surface area contributed by atoms with E-state index in [4.69, 9.17) is 8.83 Å². The van der Waals surface area contributed by atoms with Crippen molar-refractivity contribution in [3.05, 3.63) is 47.3 Å². The molecule has 0 bridgehead atoms. The Bertz CT molecular complexity index is 575. The molecule has 0 aliphatic heterocycles. The van der Waals surface area contributed by atoms with Gasteiger partial charge < -0.3 is 8.83 Å². The summed E-state index contributed by atoms with van der Waals surface area (Å²) in [5.41, 5.74) is 0.458. The predicted octanol–water partition coefficient (Wildman–Crippen LogP) is 3.19. The van der Waals surface area contributed by atoms with Crippen molar-refractivity contribution in [2.45, 2.75) is 20.8 Å². The number of furan rings is 2. The van der Waals surface area contributed by atoms with Gasteiger partial charge >= 0.3 is 0 Å². The van der Waals surface area contributed by atoms with Crippen LogP contribution in [0, 0.1) is 19.8 Å². The standard InChI is InChI=1S/C14H14O4/c1-8-7-11(10(3)18-8)13(15)9(2)14(16)12-5-4-6-17-12/h4-7,9H,1-3H3. The van der Waals surface area contributed by atoms with Crippen molar-refractivity contribution in [3.63, 3.8) is 0 Å². The zero-order valence-electron chi connectivity index (χ0n) is 10.5. The zero-order chi connectivity index (χ0) is 13.3. The number of hydrogen-bond donors (Lipinski definition) is 0. The van der Waals surface area contributed by atoms with Crippen LogP contribution in [0.2, 0.25) is 0 Å². The van der Waals surface area contributed by atoms with Crippen molar-refractivity contribution in [1.82, 2.24) is 0 Å². The Labute approximate surface area is 105 Å². The Kier molecular flexibility index (Phi) is 3.19. The lowest BCUT2D eigenvalue weighted by Gasteiger charge is -2.06. The topological polar surface area (TPSA) is 60.4 Å². The van der Waals surface area contributed by atoms with Gasteiger partial charge in [0.25, 0.3) is 0 Å². The summed E-state index contributed by atoms with van der Waals surface area (Å²) >= 11 is 0. The molecule has 18 heavy (non-hydrogen) atoms. The fourth-order valence-corrected chi connectivity index (χ4v) is 1.86. The maximum absolute atomic E-state index is 12.2. The van der Waals surface area contributed by atoms with Crippen molar-refractivity contribution in [2.24, 2.45) is 5.92 Å². The zero-order valence-corrected chi connectivity index (χ0v) is 10.5. The smallest absolute Gasteiger partial charge is 0.208 e. The molecule has 0 aliphatic rings. The summed E-state index contributed by atoms with van der Waals surface area (Å²) in [5.74, 6) is 0.0691. The molecule has 0 saturated carbocycles. The average molecular weight is 246 g/mol. The largest absolute Gasteiger partial charge is 0.466 e. The highest BCUT2D eigenvalue weighted by Crippen LogP contribution is 2.20.